The summed E-state index contributed by atoms with van der Waals surface area (Å²) in [6, 6.07) is 4.44. The van der Waals surface area contributed by atoms with E-state index in [1.165, 1.54) is 19.1 Å². The first-order chi connectivity index (χ1) is 14.8. The summed E-state index contributed by atoms with van der Waals surface area (Å²) >= 11 is 0. The lowest BCUT2D eigenvalue weighted by Gasteiger charge is -2.24. The zero-order chi connectivity index (χ0) is 24.3. The van der Waals surface area contributed by atoms with Crippen LogP contribution in [0.3, 0.4) is 0 Å². The van der Waals surface area contributed by atoms with Crippen molar-refractivity contribution in [3.8, 4) is 5.75 Å². The second kappa shape index (κ2) is 9.28. The lowest BCUT2D eigenvalue weighted by molar-refractivity contribution is -0.143. The van der Waals surface area contributed by atoms with Gasteiger partial charge in [-0.25, -0.2) is 9.18 Å². The number of ether oxygens (including phenoxy) is 1. The lowest BCUT2D eigenvalue weighted by atomic mass is 9.98. The maximum atomic E-state index is 13.6. The lowest BCUT2D eigenvalue weighted by Crippen LogP contribution is -2.34. The number of alkyl halides is 6. The first kappa shape index (κ1) is 24.7. The topological polar surface area (TPSA) is 79.4 Å². The highest BCUT2D eigenvalue weighted by Crippen LogP contribution is 2.44. The molecule has 1 amide bonds. The molecule has 2 aromatic carbocycles. The molecule has 0 aliphatic carbocycles. The molecular formula is C20H16F7N3O2. The third kappa shape index (κ3) is 5.37. The number of nitrogens with zero attached hydrogens (tertiary/aromatic N) is 1. The molecule has 3 N–H and O–H groups in total. The van der Waals surface area contributed by atoms with Crippen LogP contribution in [-0.2, 0) is 12.4 Å². The summed E-state index contributed by atoms with van der Waals surface area (Å²) in [4.78, 5) is 13.5. The number of nitrogens with two attached hydrogens (primary N) is 1. The highest BCUT2D eigenvalue weighted by molar-refractivity contribution is 6.10. The number of halogens is 7. The minimum atomic E-state index is -5.35. The van der Waals surface area contributed by atoms with Gasteiger partial charge in [-0.3, -0.25) is 4.90 Å². The van der Waals surface area contributed by atoms with E-state index in [-0.39, 0.29) is 18.3 Å². The van der Waals surface area contributed by atoms with Crippen molar-refractivity contribution in [1.29, 1.82) is 5.41 Å². The van der Waals surface area contributed by atoms with Gasteiger partial charge in [0.2, 0.25) is 0 Å². The number of nitrogens with one attached hydrogen (secondary N) is 1. The summed E-state index contributed by atoms with van der Waals surface area (Å²) in [5, 5.41) is 7.28. The molecule has 32 heavy (non-hydrogen) atoms. The highest BCUT2D eigenvalue weighted by atomic mass is 19.4. The van der Waals surface area contributed by atoms with Crippen molar-refractivity contribution in [2.75, 3.05) is 11.4 Å². The van der Waals surface area contributed by atoms with Gasteiger partial charge in [0, 0.05) is 35.8 Å². The van der Waals surface area contributed by atoms with Crippen LogP contribution >= 0.6 is 0 Å². The average molecular weight is 463 g/mol. The van der Waals surface area contributed by atoms with E-state index in [2.05, 4.69) is 0 Å². The van der Waals surface area contributed by atoms with Crippen LogP contribution in [0.15, 0.2) is 42.6 Å². The molecule has 2 rings (SSSR count). The van der Waals surface area contributed by atoms with Crippen LogP contribution in [-0.4, -0.2) is 18.9 Å². The van der Waals surface area contributed by atoms with Gasteiger partial charge < -0.3 is 15.9 Å². The molecule has 0 radical (unpaired) electrons. The zero-order valence-corrected chi connectivity index (χ0v) is 16.3. The first-order valence-electron chi connectivity index (χ1n) is 8.83. The molecule has 0 saturated carbocycles. The van der Waals surface area contributed by atoms with E-state index >= 15 is 0 Å². The first-order valence-corrected chi connectivity index (χ1v) is 8.83. The third-order valence-electron chi connectivity index (χ3n) is 4.23. The maximum absolute atomic E-state index is 13.6. The minimum Gasteiger partial charge on any atom is -0.409 e. The van der Waals surface area contributed by atoms with Crippen LogP contribution in [0.1, 0.15) is 23.6 Å². The monoisotopic (exact) mass is 463 g/mol. The molecule has 172 valence electrons. The number of rotatable bonds is 5. The van der Waals surface area contributed by atoms with Crippen molar-refractivity contribution < 1.29 is 40.3 Å². The van der Waals surface area contributed by atoms with Gasteiger partial charge in [-0.2, -0.15) is 26.3 Å². The number of hydrogen-bond acceptors (Lipinski definition) is 4. The normalized spacial score (nSPS) is 12.4. The molecule has 0 aliphatic heterocycles. The van der Waals surface area contributed by atoms with E-state index in [0.717, 1.165) is 17.0 Å². The predicted molar refractivity (Wildman–Crippen MR) is 103 cm³/mol. The Morgan fingerprint density at radius 1 is 1.09 bits per heavy atom. The molecule has 0 atom stereocenters. The molecule has 0 unspecified atom stereocenters. The maximum Gasteiger partial charge on any atom is 0.420 e. The molecule has 0 aliphatic rings. The summed E-state index contributed by atoms with van der Waals surface area (Å²) in [6.45, 7) is 1.33. The van der Waals surface area contributed by atoms with E-state index in [0.29, 0.717) is 18.5 Å². The quantitative estimate of drug-likeness (QED) is 0.432. The van der Waals surface area contributed by atoms with Gasteiger partial charge >= 0.3 is 18.4 Å². The third-order valence-corrected chi connectivity index (χ3v) is 4.23. The van der Waals surface area contributed by atoms with Gasteiger partial charge in [-0.15, -0.1) is 0 Å². The predicted octanol–water partition coefficient (Wildman–Crippen LogP) is 5.84. The average Bonchev–Trinajstić information content (AvgIpc) is 2.70. The second-order valence-corrected chi connectivity index (χ2v) is 6.25. The Bertz CT molecular complexity index is 1030. The van der Waals surface area contributed by atoms with Crippen LogP contribution in [0.2, 0.25) is 0 Å². The highest BCUT2D eigenvalue weighted by Gasteiger charge is 2.41. The van der Waals surface area contributed by atoms with E-state index in [9.17, 15) is 35.5 Å². The van der Waals surface area contributed by atoms with E-state index in [1.54, 1.807) is 0 Å². The van der Waals surface area contributed by atoms with Gasteiger partial charge in [-0.05, 0) is 43.3 Å². The molecule has 0 saturated heterocycles. The summed E-state index contributed by atoms with van der Waals surface area (Å²) in [7, 11) is 0. The number of carbonyl (C=O) groups excluding carboxylic acids is 1. The molecule has 0 spiro atoms. The number of amides is 1. The largest absolute Gasteiger partial charge is 0.420 e. The minimum absolute atomic E-state index is 0.0718. The molecule has 0 bridgehead atoms. The molecule has 5 nitrogen and oxygen atoms in total. The van der Waals surface area contributed by atoms with Crippen molar-refractivity contribution in [1.82, 2.24) is 0 Å². The van der Waals surface area contributed by atoms with Gasteiger partial charge in [0.25, 0.3) is 0 Å². The van der Waals surface area contributed by atoms with Crippen LogP contribution in [0.5, 0.6) is 5.75 Å². The van der Waals surface area contributed by atoms with Gasteiger partial charge in [0.05, 0.1) is 11.1 Å². The standard InChI is InChI=1S/C20H16F7N3O2/c1-2-30(14-5-3-13(21)4-6-14)18(31)32-17-15(11(9-28)10-29)7-12(19(22,23)24)8-16(17)20(25,26)27/h3-10,28H,2,29H2,1H3/b11-10+,28-9?. The van der Waals surface area contributed by atoms with E-state index in [1.807, 2.05) is 0 Å². The Morgan fingerprint density at radius 2 is 1.69 bits per heavy atom. The van der Waals surface area contributed by atoms with Gasteiger partial charge in [-0.1, -0.05) is 0 Å². The molecule has 0 aromatic heterocycles. The van der Waals surface area contributed by atoms with Crippen molar-refractivity contribution in [2.45, 2.75) is 19.3 Å². The van der Waals surface area contributed by atoms with Gasteiger partial charge in [0.1, 0.15) is 5.82 Å². The Kier molecular flexibility index (Phi) is 7.17. The Labute approximate surface area is 177 Å². The van der Waals surface area contributed by atoms with E-state index < -0.39 is 52.3 Å². The fraction of sp³-hybridized carbons (Fsp3) is 0.200. The molecule has 2 aromatic rings. The Balaban J connectivity index is 2.70. The fourth-order valence-electron chi connectivity index (χ4n) is 2.72. The Morgan fingerprint density at radius 3 is 2.12 bits per heavy atom. The fourth-order valence-corrected chi connectivity index (χ4v) is 2.72. The number of anilines is 1. The van der Waals surface area contributed by atoms with Crippen LogP contribution < -0.4 is 15.4 Å². The van der Waals surface area contributed by atoms with Crippen molar-refractivity contribution in [3.63, 3.8) is 0 Å². The molecular weight excluding hydrogens is 447 g/mol. The summed E-state index contributed by atoms with van der Waals surface area (Å²) in [5.74, 6) is -1.89. The van der Waals surface area contributed by atoms with Crippen LogP contribution in [0, 0.1) is 11.2 Å². The summed E-state index contributed by atoms with van der Waals surface area (Å²) in [5.41, 5.74) is 0.377. The molecule has 0 fully saturated rings. The van der Waals surface area contributed by atoms with Crippen molar-refractivity contribution in [3.05, 3.63) is 65.1 Å². The number of carbonyl (C=O) groups is 1. The number of benzene rings is 2. The number of allylic oxidation sites excluding steroid dienone is 1. The van der Waals surface area contributed by atoms with Gasteiger partial charge in [0.15, 0.2) is 5.75 Å². The second-order valence-electron chi connectivity index (χ2n) is 6.25. The Hall–Kier alpha value is -3.57. The van der Waals surface area contributed by atoms with Crippen molar-refractivity contribution >= 4 is 23.6 Å². The van der Waals surface area contributed by atoms with Crippen molar-refractivity contribution in [2.24, 2.45) is 5.73 Å². The van der Waals surface area contributed by atoms with E-state index in [4.69, 9.17) is 15.9 Å². The molecule has 12 heteroatoms. The smallest absolute Gasteiger partial charge is 0.409 e. The summed E-state index contributed by atoms with van der Waals surface area (Å²) < 4.78 is 98.6. The summed E-state index contributed by atoms with van der Waals surface area (Å²) in [6.07, 6.45) is -10.8. The SMILES string of the molecule is CCN(C(=O)Oc1c(/C(C=N)=C/N)cc(C(F)(F)F)cc1C(F)(F)F)c1ccc(F)cc1. The zero-order valence-electron chi connectivity index (χ0n) is 16.3. The van der Waals surface area contributed by atoms with Crippen LogP contribution in [0.4, 0.5) is 41.2 Å². The molecule has 0 heterocycles. The van der Waals surface area contributed by atoms with Crippen LogP contribution in [0.25, 0.3) is 5.57 Å². The number of hydrogen-bond donors (Lipinski definition) is 2.